The topological polar surface area (TPSA) is 663 Å². The number of ether oxygens (including phenoxy) is 1. The van der Waals surface area contributed by atoms with Crippen LogP contribution < -0.4 is 108 Å². The summed E-state index contributed by atoms with van der Waals surface area (Å²) < 4.78 is 2.57. The minimum atomic E-state index is -2.04. The van der Waals surface area contributed by atoms with E-state index in [4.69, 9.17) is 33.4 Å². The molecule has 43 heteroatoms. The van der Waals surface area contributed by atoms with Crippen LogP contribution in [0.25, 0.3) is 21.7 Å². The minimum Gasteiger partial charge on any atom is -0.492 e. The summed E-state index contributed by atoms with van der Waals surface area (Å²) in [4.78, 5) is 254. The van der Waals surface area contributed by atoms with Crippen LogP contribution in [-0.2, 0) is 107 Å². The van der Waals surface area contributed by atoms with E-state index in [0.29, 0.717) is 44.4 Å². The smallest absolute Gasteiger partial charge is 0.246 e. The van der Waals surface area contributed by atoms with Crippen LogP contribution in [0.2, 0.25) is 0 Å². The maximum atomic E-state index is 16.4. The average Bonchev–Trinajstić information content (AvgIpc) is 1.50. The number of unbranched alkanes of at least 4 members (excludes halogenated alkanes) is 3. The number of amides is 17. The van der Waals surface area contributed by atoms with Crippen molar-refractivity contribution in [2.45, 2.75) is 253 Å². The zero-order chi connectivity index (χ0) is 97.3. The van der Waals surface area contributed by atoms with Gasteiger partial charge < -0.3 is 123 Å². The number of aliphatic hydroxyl groups is 1. The third-order valence-corrected chi connectivity index (χ3v) is 26.2. The highest BCUT2D eigenvalue weighted by Crippen LogP contribution is 2.47. The Morgan fingerprint density at radius 3 is 1.80 bits per heavy atom. The van der Waals surface area contributed by atoms with Crippen LogP contribution >= 0.6 is 21.6 Å². The Balaban J connectivity index is 1.37. The Morgan fingerprint density at radius 1 is 0.576 bits per heavy atom. The first kappa shape index (κ1) is 106. The van der Waals surface area contributed by atoms with E-state index in [-0.39, 0.29) is 122 Å². The van der Waals surface area contributed by atoms with Gasteiger partial charge in [-0.05, 0) is 158 Å². The van der Waals surface area contributed by atoms with Crippen LogP contribution in [0.15, 0.2) is 104 Å². The van der Waals surface area contributed by atoms with Crippen molar-refractivity contribution in [1.29, 1.82) is 0 Å². The number of aryl methyl sites for hydroxylation is 1. The van der Waals surface area contributed by atoms with Gasteiger partial charge in [0.15, 0.2) is 0 Å². The van der Waals surface area contributed by atoms with Crippen molar-refractivity contribution >= 4 is 144 Å². The van der Waals surface area contributed by atoms with E-state index in [1.807, 2.05) is 31.2 Å². The van der Waals surface area contributed by atoms with Crippen LogP contribution in [0, 0.1) is 6.92 Å². The summed E-state index contributed by atoms with van der Waals surface area (Å²) in [6, 6.07) is 5.45. The van der Waals surface area contributed by atoms with Crippen molar-refractivity contribution in [3.8, 4) is 5.75 Å². The zero-order valence-corrected chi connectivity index (χ0v) is 77.5. The number of hydrogen-bond donors (Lipinski definition) is 22. The Bertz CT molecular complexity index is 5070. The van der Waals surface area contributed by atoms with Crippen LogP contribution in [0.5, 0.6) is 5.75 Å². The van der Waals surface area contributed by atoms with Gasteiger partial charge in [0, 0.05) is 105 Å². The van der Waals surface area contributed by atoms with Gasteiger partial charge in [-0.1, -0.05) is 94.4 Å². The number of carbonyl (C=O) groups excluding carboxylic acids is 17. The monoisotopic (exact) mass is 1870 g/mol. The van der Waals surface area contributed by atoms with Crippen molar-refractivity contribution in [1.82, 2.24) is 89.4 Å². The van der Waals surface area contributed by atoms with Gasteiger partial charge in [0.2, 0.25) is 100 Å². The van der Waals surface area contributed by atoms with Crippen molar-refractivity contribution in [2.24, 2.45) is 28.7 Å². The molecule has 13 atom stereocenters. The van der Waals surface area contributed by atoms with Gasteiger partial charge in [-0.25, -0.2) is 4.98 Å². The number of benzene rings is 4. The second-order valence-electron chi connectivity index (χ2n) is 34.1. The molecule has 17 amide bonds. The van der Waals surface area contributed by atoms with Gasteiger partial charge in [0.25, 0.3) is 0 Å². The first-order valence-electron chi connectivity index (χ1n) is 43.6. The van der Waals surface area contributed by atoms with Crippen LogP contribution in [-0.4, -0.2) is 241 Å². The number of primary amides is 3. The normalized spacial score (nSPS) is 19.1. The zero-order valence-electron chi connectivity index (χ0n) is 75.8. The number of nitrogens with one attached hydrogen (secondary N) is 16. The third kappa shape index (κ3) is 33.0. The highest BCUT2D eigenvalue weighted by Gasteiger charge is 2.47. The number of nitrogens with zero attached hydrogens (tertiary/aromatic N) is 1. The molecule has 2 aromatic heterocycles. The Hall–Kier alpha value is -12.7. The van der Waals surface area contributed by atoms with E-state index in [2.05, 4.69) is 89.4 Å². The number of carbonyl (C=O) groups is 17. The lowest BCUT2D eigenvalue weighted by molar-refractivity contribution is -0.138. The number of nitrogens with two attached hydrogens (primary N) is 5. The number of fused-ring (bicyclic) bond motifs is 2. The number of hydrogen-bond acceptors (Lipinski definition) is 24. The molecule has 1 aliphatic heterocycles. The van der Waals surface area contributed by atoms with Gasteiger partial charge >= 0.3 is 0 Å². The minimum absolute atomic E-state index is 0.105. The second-order valence-corrected chi connectivity index (χ2v) is 37.5. The molecule has 0 unspecified atom stereocenters. The molecule has 0 saturated carbocycles. The van der Waals surface area contributed by atoms with Gasteiger partial charge in [0.05, 0.1) is 25.3 Å². The predicted molar refractivity (Wildman–Crippen MR) is 495 cm³/mol. The fraction of sp³-hybridized carbons (Fsp3) is 0.506. The molecule has 6 aromatic rings. The molecule has 4 aromatic carbocycles. The molecule has 1 saturated heterocycles. The maximum absolute atomic E-state index is 16.4. The first-order valence-corrected chi connectivity index (χ1v) is 45.7. The summed E-state index contributed by atoms with van der Waals surface area (Å²) in [6.45, 7) is 14.8. The summed E-state index contributed by atoms with van der Waals surface area (Å²) >= 11 is 0. The largest absolute Gasteiger partial charge is 0.492 e. The Morgan fingerprint density at radius 2 is 1.17 bits per heavy atom. The Labute approximate surface area is 772 Å². The first-order chi connectivity index (χ1) is 62.4. The molecule has 0 aliphatic carbocycles. The number of H-pyrrole nitrogens is 2. The van der Waals surface area contributed by atoms with E-state index < -0.39 is 195 Å². The fourth-order valence-electron chi connectivity index (χ4n) is 14.7. The molecular weight excluding hydrogens is 1750 g/mol. The lowest BCUT2D eigenvalue weighted by Crippen LogP contribution is -2.65. The number of aliphatic hydroxyl groups excluding tert-OH is 1. The van der Waals surface area contributed by atoms with Crippen LogP contribution in [0.1, 0.15) is 161 Å². The highest BCUT2D eigenvalue weighted by atomic mass is 33.1. The summed E-state index contributed by atoms with van der Waals surface area (Å²) in [6.07, 6.45) is 0.238. The van der Waals surface area contributed by atoms with Crippen molar-refractivity contribution in [3.63, 3.8) is 0 Å². The standard InChI is InChI=1S/C89H126N22O19S2/c1-48-20-19-23-60-57(45-98-71(48)60)41-66-79(122)101-61(24-13-17-35-96-50(3)113)77(120)110-74(88(8,9)132-131-87(6,7)73(100-52(5)115)84(127)107-68(44-70(93)117)81(124)109-72(49(2)112)83(126)105-66)85(128)106-64(39-53-27-30-59(31-28-53)130-37-34-91)78(121)103-65(40-54-26-29-55-21-11-12-22-56(55)38-54)82(125)111-89(10,32-15-16-33-90)86(129)108-62(25-14-18-36-97-51(4)114)76(119)104-67(43-69(92)116)80(123)102-63(75(94)118)42-58-46-95-47-99-58/h11-12,19-23,26-31,38,45-47,49,61-68,72-74,98,112H,13-18,24-25,32-37,39-44,90-91H2,1-10H3,(H2,92,116)(H2,93,117)(H2,94,118)(H,95,99)(H,96,113)(H,97,114)(H,100,115)(H,101,122)(H,102,123)(H,103,121)(H,104,119)(H,105,126)(H,106,128)(H,107,127)(H,108,129)(H,109,124)(H,110,120)(H,111,125)/t49-,61+,62+,63+,64+,65+,66+,67+,68+,72+,73-,74-,89+/m1/s1. The van der Waals surface area contributed by atoms with E-state index in [0.717, 1.165) is 46.4 Å². The number of aromatic amines is 2. The van der Waals surface area contributed by atoms with E-state index in [1.54, 1.807) is 66.9 Å². The van der Waals surface area contributed by atoms with Gasteiger partial charge in [0.1, 0.15) is 84.4 Å². The van der Waals surface area contributed by atoms with Crippen LogP contribution in [0.4, 0.5) is 0 Å². The van der Waals surface area contributed by atoms with Gasteiger partial charge in [-0.3, -0.25) is 81.5 Å². The molecule has 7 rings (SSSR count). The SMILES string of the molecule is CC(=O)NCCCC[C@@H]1NC(=O)[C@H](Cc2c[nH]c3c(C)cccc23)NC(=O)[C@H]([C@@H](C)O)NC(=O)[C@H](CC(N)=O)NC(=O)[C@@H](NC(C)=O)C(C)(C)SSC(C)(C)[C@@H](C(=O)N[C@@H](Cc2ccc(OCCN)cc2)C(=O)N[C@@H](Cc2ccc3ccccc3c2)C(=O)N[C@@](C)(CCCCN)C(=O)N[C@@H](CCCCNC(C)=O)C(=O)N[C@@H](CC(N)=O)C(=O)N[C@@H](Cc2cnc[nH]2)C(N)=O)NC1=O. The molecule has 3 heterocycles. The molecule has 0 spiro atoms. The molecule has 41 nitrogen and oxygen atoms in total. The quantitative estimate of drug-likeness (QED) is 0.0153. The molecule has 1 fully saturated rings. The third-order valence-electron chi connectivity index (χ3n) is 22.0. The molecular formula is C89H126N22O19S2. The van der Waals surface area contributed by atoms with Crippen LogP contribution in [0.3, 0.4) is 0 Å². The summed E-state index contributed by atoms with van der Waals surface area (Å²) in [5.74, 6) is -15.9. The number of aromatic nitrogens is 3. The summed E-state index contributed by atoms with van der Waals surface area (Å²) in [5, 5.41) is 50.9. The molecule has 0 bridgehead atoms. The predicted octanol–water partition coefficient (Wildman–Crippen LogP) is -1.50. The van der Waals surface area contributed by atoms with E-state index >= 15 is 28.8 Å². The lowest BCUT2D eigenvalue weighted by atomic mass is 9.91. The van der Waals surface area contributed by atoms with E-state index in [9.17, 15) is 57.8 Å². The molecule has 132 heavy (non-hydrogen) atoms. The maximum Gasteiger partial charge on any atom is 0.246 e. The summed E-state index contributed by atoms with van der Waals surface area (Å²) in [5.41, 5.74) is 30.0. The highest BCUT2D eigenvalue weighted by molar-refractivity contribution is 8.77. The Kier molecular flexibility index (Phi) is 40.8. The van der Waals surface area contributed by atoms with Gasteiger partial charge in [-0.2, -0.15) is 0 Å². The van der Waals surface area contributed by atoms with E-state index in [1.165, 1.54) is 61.0 Å². The molecule has 0 radical (unpaired) electrons. The van der Waals surface area contributed by atoms with Crippen molar-refractivity contribution < 1.29 is 91.4 Å². The number of imidazole rings is 1. The van der Waals surface area contributed by atoms with Crippen molar-refractivity contribution in [3.05, 3.63) is 132 Å². The number of para-hydroxylation sites is 1. The molecule has 1 aliphatic rings. The lowest BCUT2D eigenvalue weighted by Gasteiger charge is -2.39. The molecule has 27 N–H and O–H groups in total. The summed E-state index contributed by atoms with van der Waals surface area (Å²) in [7, 11) is 1.81. The second kappa shape index (κ2) is 50.6. The van der Waals surface area contributed by atoms with Gasteiger partial charge in [-0.15, -0.1) is 0 Å². The number of rotatable bonds is 44. The van der Waals surface area contributed by atoms with Crippen molar-refractivity contribution in [2.75, 3.05) is 32.8 Å². The average molecular weight is 1870 g/mol. The molecule has 718 valence electrons. The fourth-order valence-corrected chi connectivity index (χ4v) is 17.5.